The molecule has 0 aliphatic heterocycles. The Balaban J connectivity index is 1.99. The molecule has 3 aromatic rings. The van der Waals surface area contributed by atoms with Crippen molar-refractivity contribution in [3.05, 3.63) is 39.0 Å². The largest absolute Gasteiger partial charge is 0.493 e. The average Bonchev–Trinajstić information content (AvgIpc) is 3.08. The van der Waals surface area contributed by atoms with E-state index in [4.69, 9.17) is 20.9 Å². The van der Waals surface area contributed by atoms with Crippen molar-refractivity contribution in [2.45, 2.75) is 32.2 Å². The minimum Gasteiger partial charge on any atom is -0.493 e. The van der Waals surface area contributed by atoms with Crippen LogP contribution in [0.4, 0.5) is 0 Å². The number of ether oxygens (including phenoxy) is 2. The number of aryl methyl sites for hydroxylation is 2. The van der Waals surface area contributed by atoms with Gasteiger partial charge in [-0.05, 0) is 49.4 Å². The molecule has 0 saturated carbocycles. The molecule has 1 aliphatic carbocycles. The third-order valence-electron chi connectivity index (χ3n) is 4.97. The molecule has 0 saturated heterocycles. The second-order valence-corrected chi connectivity index (χ2v) is 7.58. The van der Waals surface area contributed by atoms with Crippen LogP contribution in [0.5, 0.6) is 11.5 Å². The Labute approximate surface area is 161 Å². The molecule has 0 radical (unpaired) electrons. The van der Waals surface area contributed by atoms with E-state index >= 15 is 0 Å². The summed E-state index contributed by atoms with van der Waals surface area (Å²) in [5.41, 5.74) is 1.89. The second kappa shape index (κ2) is 7.09. The summed E-state index contributed by atoms with van der Waals surface area (Å²) in [5.74, 6) is 4.36. The van der Waals surface area contributed by atoms with Crippen molar-refractivity contribution in [3.8, 4) is 35.2 Å². The number of methoxy groups -OCH3 is 2. The topological polar surface area (TPSA) is 53.4 Å². The summed E-state index contributed by atoms with van der Waals surface area (Å²) in [6.07, 6.45) is 9.81. The highest BCUT2D eigenvalue weighted by molar-refractivity contribution is 7.18. The molecule has 4 rings (SSSR count). The van der Waals surface area contributed by atoms with Gasteiger partial charge in [-0.3, -0.25) is 9.36 Å². The van der Waals surface area contributed by atoms with Crippen molar-refractivity contribution < 1.29 is 9.47 Å². The van der Waals surface area contributed by atoms with E-state index in [0.29, 0.717) is 17.3 Å². The van der Waals surface area contributed by atoms with E-state index in [2.05, 4.69) is 5.92 Å². The van der Waals surface area contributed by atoms with Crippen molar-refractivity contribution in [2.75, 3.05) is 14.2 Å². The van der Waals surface area contributed by atoms with Gasteiger partial charge in [-0.2, -0.15) is 0 Å². The van der Waals surface area contributed by atoms with Gasteiger partial charge in [-0.15, -0.1) is 17.8 Å². The van der Waals surface area contributed by atoms with E-state index in [1.807, 2.05) is 18.2 Å². The molecule has 0 N–H and O–H groups in total. The lowest BCUT2D eigenvalue weighted by molar-refractivity contribution is 0.355. The van der Waals surface area contributed by atoms with Gasteiger partial charge < -0.3 is 9.47 Å². The van der Waals surface area contributed by atoms with Crippen LogP contribution in [0.1, 0.15) is 23.3 Å². The molecule has 0 unspecified atom stereocenters. The number of aromatic nitrogens is 2. The number of thiophene rings is 1. The molecule has 6 heteroatoms. The molecule has 2 heterocycles. The Bertz CT molecular complexity index is 1120. The Kier molecular flexibility index (Phi) is 4.63. The predicted octanol–water partition coefficient (Wildman–Crippen LogP) is 3.65. The highest BCUT2D eigenvalue weighted by Gasteiger charge is 2.22. The molecular weight excluding hydrogens is 360 g/mol. The quantitative estimate of drug-likeness (QED) is 0.649. The normalized spacial score (nSPS) is 13.2. The van der Waals surface area contributed by atoms with E-state index < -0.39 is 0 Å². The maximum atomic E-state index is 13.3. The van der Waals surface area contributed by atoms with Crippen molar-refractivity contribution in [3.63, 3.8) is 0 Å². The summed E-state index contributed by atoms with van der Waals surface area (Å²) in [4.78, 5) is 20.2. The zero-order valence-corrected chi connectivity index (χ0v) is 16.2. The first kappa shape index (κ1) is 17.6. The van der Waals surface area contributed by atoms with Gasteiger partial charge in [0, 0.05) is 10.4 Å². The number of hydrogen-bond acceptors (Lipinski definition) is 5. The molecule has 0 atom stereocenters. The van der Waals surface area contributed by atoms with Gasteiger partial charge in [0.2, 0.25) is 0 Å². The van der Waals surface area contributed by atoms with Crippen LogP contribution in [0.2, 0.25) is 0 Å². The summed E-state index contributed by atoms with van der Waals surface area (Å²) in [7, 11) is 3.17. The maximum Gasteiger partial charge on any atom is 0.263 e. The monoisotopic (exact) mass is 380 g/mol. The van der Waals surface area contributed by atoms with Crippen LogP contribution in [-0.4, -0.2) is 23.8 Å². The Hall–Kier alpha value is -2.78. The van der Waals surface area contributed by atoms with E-state index in [-0.39, 0.29) is 12.1 Å². The zero-order valence-electron chi connectivity index (χ0n) is 15.4. The van der Waals surface area contributed by atoms with Gasteiger partial charge in [0.1, 0.15) is 10.7 Å². The van der Waals surface area contributed by atoms with Crippen LogP contribution >= 0.6 is 11.3 Å². The van der Waals surface area contributed by atoms with Gasteiger partial charge in [-0.25, -0.2) is 4.98 Å². The third-order valence-corrected chi connectivity index (χ3v) is 6.15. The third kappa shape index (κ3) is 2.88. The summed E-state index contributed by atoms with van der Waals surface area (Å²) in [6.45, 7) is 0.177. The molecule has 2 aromatic heterocycles. The second-order valence-electron chi connectivity index (χ2n) is 6.49. The fraction of sp³-hybridized carbons (Fsp3) is 0.333. The summed E-state index contributed by atoms with van der Waals surface area (Å²) >= 11 is 1.64. The SMILES string of the molecule is C#CCn1c(-c2ccc(OC)c(OC)c2)nc2sc3c(c2c1=O)CCCC3. The van der Waals surface area contributed by atoms with Crippen molar-refractivity contribution in [1.82, 2.24) is 9.55 Å². The van der Waals surface area contributed by atoms with Crippen molar-refractivity contribution in [2.24, 2.45) is 0 Å². The predicted molar refractivity (Wildman–Crippen MR) is 108 cm³/mol. The number of benzene rings is 1. The summed E-state index contributed by atoms with van der Waals surface area (Å²) in [5, 5.41) is 0.745. The molecule has 1 aliphatic rings. The molecule has 0 amide bonds. The lowest BCUT2D eigenvalue weighted by atomic mass is 9.97. The minimum atomic E-state index is -0.0536. The molecule has 0 spiro atoms. The Morgan fingerprint density at radius 2 is 2.00 bits per heavy atom. The van der Waals surface area contributed by atoms with Gasteiger partial charge in [0.15, 0.2) is 11.5 Å². The number of nitrogens with zero attached hydrogens (tertiary/aromatic N) is 2. The van der Waals surface area contributed by atoms with Crippen molar-refractivity contribution >= 4 is 21.6 Å². The number of rotatable bonds is 4. The molecule has 5 nitrogen and oxygen atoms in total. The fourth-order valence-electron chi connectivity index (χ4n) is 3.67. The fourth-order valence-corrected chi connectivity index (χ4v) is 4.92. The zero-order chi connectivity index (χ0) is 19.0. The minimum absolute atomic E-state index is 0.0536. The van der Waals surface area contributed by atoms with Gasteiger partial charge >= 0.3 is 0 Å². The maximum absolute atomic E-state index is 13.3. The molecule has 27 heavy (non-hydrogen) atoms. The Morgan fingerprint density at radius 3 is 2.74 bits per heavy atom. The van der Waals surface area contributed by atoms with Crippen LogP contribution in [0.25, 0.3) is 21.6 Å². The summed E-state index contributed by atoms with van der Waals surface area (Å²) in [6, 6.07) is 5.51. The van der Waals surface area contributed by atoms with E-state index in [0.717, 1.165) is 35.0 Å². The van der Waals surface area contributed by atoms with Gasteiger partial charge in [0.05, 0.1) is 26.2 Å². The van der Waals surface area contributed by atoms with Crippen LogP contribution in [0.3, 0.4) is 0 Å². The molecule has 0 bridgehead atoms. The van der Waals surface area contributed by atoms with E-state index in [9.17, 15) is 4.79 Å². The van der Waals surface area contributed by atoms with Crippen LogP contribution < -0.4 is 15.0 Å². The molecular formula is C21H20N2O3S. The van der Waals surface area contributed by atoms with Crippen LogP contribution in [0, 0.1) is 12.3 Å². The highest BCUT2D eigenvalue weighted by Crippen LogP contribution is 2.36. The summed E-state index contributed by atoms with van der Waals surface area (Å²) < 4.78 is 12.3. The van der Waals surface area contributed by atoms with E-state index in [1.165, 1.54) is 16.9 Å². The molecule has 0 fully saturated rings. The first-order chi connectivity index (χ1) is 13.2. The van der Waals surface area contributed by atoms with Crippen LogP contribution in [-0.2, 0) is 19.4 Å². The number of terminal acetylenes is 1. The van der Waals surface area contributed by atoms with E-state index in [1.54, 1.807) is 30.1 Å². The first-order valence-electron chi connectivity index (χ1n) is 8.89. The molecule has 1 aromatic carbocycles. The van der Waals surface area contributed by atoms with Gasteiger partial charge in [-0.1, -0.05) is 5.92 Å². The smallest absolute Gasteiger partial charge is 0.263 e. The molecule has 138 valence electrons. The van der Waals surface area contributed by atoms with Gasteiger partial charge in [0.25, 0.3) is 5.56 Å². The lowest BCUT2D eigenvalue weighted by Gasteiger charge is -2.14. The first-order valence-corrected chi connectivity index (χ1v) is 9.70. The highest BCUT2D eigenvalue weighted by atomic mass is 32.1. The average molecular weight is 380 g/mol. The number of hydrogen-bond donors (Lipinski definition) is 0. The standard InChI is InChI=1S/C21H20N2O3S/c1-4-11-23-19(13-9-10-15(25-2)16(12-13)26-3)22-20-18(21(23)24)14-7-5-6-8-17(14)27-20/h1,9-10,12H,5-8,11H2,2-3H3. The lowest BCUT2D eigenvalue weighted by Crippen LogP contribution is -2.23. The van der Waals surface area contributed by atoms with Crippen LogP contribution in [0.15, 0.2) is 23.0 Å². The number of fused-ring (bicyclic) bond motifs is 3. The Morgan fingerprint density at radius 1 is 1.22 bits per heavy atom. The van der Waals surface area contributed by atoms with Crippen molar-refractivity contribution in [1.29, 1.82) is 0 Å².